The van der Waals surface area contributed by atoms with Crippen LogP contribution in [-0.2, 0) is 9.84 Å². The molecule has 5 nitrogen and oxygen atoms in total. The van der Waals surface area contributed by atoms with Crippen molar-refractivity contribution in [3.63, 3.8) is 0 Å². The highest BCUT2D eigenvalue weighted by Crippen LogP contribution is 2.33. The molecule has 1 N–H and O–H groups in total. The average molecular weight is 297 g/mol. The fraction of sp³-hybridized carbons (Fsp3) is 0.786. The Morgan fingerprint density at radius 1 is 1.20 bits per heavy atom. The number of aromatic nitrogens is 2. The largest absolute Gasteiger partial charge is 0.317 e. The van der Waals surface area contributed by atoms with E-state index in [2.05, 4.69) is 24.3 Å². The minimum absolute atomic E-state index is 0.0363. The topological polar surface area (TPSA) is 64.0 Å². The van der Waals surface area contributed by atoms with Gasteiger partial charge in [-0.15, -0.1) is 0 Å². The van der Waals surface area contributed by atoms with Gasteiger partial charge in [0.05, 0.1) is 23.2 Å². The Bertz CT molecular complexity index is 600. The van der Waals surface area contributed by atoms with E-state index in [4.69, 9.17) is 0 Å². The van der Waals surface area contributed by atoms with Gasteiger partial charge in [-0.1, -0.05) is 0 Å². The molecule has 2 aliphatic heterocycles. The molecule has 0 aliphatic carbocycles. The van der Waals surface area contributed by atoms with Crippen molar-refractivity contribution in [1.82, 2.24) is 15.1 Å². The third-order valence-electron chi connectivity index (χ3n) is 4.68. The number of rotatable bonds is 2. The first-order chi connectivity index (χ1) is 9.48. The lowest BCUT2D eigenvalue weighted by Gasteiger charge is -2.23. The molecule has 1 aromatic heterocycles. The second-order valence-corrected chi connectivity index (χ2v) is 8.34. The lowest BCUT2D eigenvalue weighted by molar-refractivity contribution is 0.453. The van der Waals surface area contributed by atoms with Crippen molar-refractivity contribution in [3.05, 3.63) is 17.0 Å². The molecule has 2 fully saturated rings. The van der Waals surface area contributed by atoms with Gasteiger partial charge in [-0.05, 0) is 57.7 Å². The molecule has 2 saturated heterocycles. The zero-order valence-electron chi connectivity index (χ0n) is 12.2. The van der Waals surface area contributed by atoms with E-state index in [1.165, 1.54) is 11.3 Å². The van der Waals surface area contributed by atoms with E-state index in [1.54, 1.807) is 0 Å². The first kappa shape index (κ1) is 14.1. The summed E-state index contributed by atoms with van der Waals surface area (Å²) in [5.74, 6) is 1.13. The summed E-state index contributed by atoms with van der Waals surface area (Å²) in [7, 11) is -2.86. The van der Waals surface area contributed by atoms with Crippen LogP contribution in [0.25, 0.3) is 0 Å². The number of piperidine rings is 1. The van der Waals surface area contributed by atoms with Gasteiger partial charge in [0.1, 0.15) is 0 Å². The van der Waals surface area contributed by atoms with E-state index < -0.39 is 9.84 Å². The van der Waals surface area contributed by atoms with Gasteiger partial charge in [0.15, 0.2) is 9.84 Å². The fourth-order valence-corrected chi connectivity index (χ4v) is 5.39. The second kappa shape index (κ2) is 5.15. The summed E-state index contributed by atoms with van der Waals surface area (Å²) in [4.78, 5) is 0. The van der Waals surface area contributed by atoms with E-state index in [0.717, 1.165) is 31.6 Å². The first-order valence-electron chi connectivity index (χ1n) is 7.44. The molecule has 0 saturated carbocycles. The Balaban J connectivity index is 1.90. The third-order valence-corrected chi connectivity index (χ3v) is 6.43. The lowest BCUT2D eigenvalue weighted by Crippen LogP contribution is -2.27. The van der Waals surface area contributed by atoms with Crippen molar-refractivity contribution in [1.29, 1.82) is 0 Å². The number of nitrogens with zero attached hydrogens (tertiary/aromatic N) is 2. The van der Waals surface area contributed by atoms with Gasteiger partial charge in [-0.25, -0.2) is 8.42 Å². The Morgan fingerprint density at radius 2 is 1.90 bits per heavy atom. The summed E-state index contributed by atoms with van der Waals surface area (Å²) in [6.07, 6.45) is 3.00. The number of sulfone groups is 1. The number of hydrogen-bond donors (Lipinski definition) is 1. The molecule has 20 heavy (non-hydrogen) atoms. The van der Waals surface area contributed by atoms with Gasteiger partial charge >= 0.3 is 0 Å². The van der Waals surface area contributed by atoms with Gasteiger partial charge in [-0.2, -0.15) is 5.10 Å². The smallest absolute Gasteiger partial charge is 0.152 e. The molecular weight excluding hydrogens is 274 g/mol. The molecule has 3 rings (SSSR count). The molecule has 0 aromatic carbocycles. The second-order valence-electron chi connectivity index (χ2n) is 6.11. The summed E-state index contributed by atoms with van der Waals surface area (Å²) < 4.78 is 25.3. The van der Waals surface area contributed by atoms with Crippen molar-refractivity contribution in [2.45, 2.75) is 45.1 Å². The molecule has 1 aromatic rings. The van der Waals surface area contributed by atoms with Crippen LogP contribution in [0.1, 0.15) is 48.2 Å². The van der Waals surface area contributed by atoms with Gasteiger partial charge in [0.25, 0.3) is 0 Å². The Kier molecular flexibility index (Phi) is 3.62. The Morgan fingerprint density at radius 3 is 2.50 bits per heavy atom. The summed E-state index contributed by atoms with van der Waals surface area (Å²) in [6, 6.07) is 0.0363. The van der Waals surface area contributed by atoms with Gasteiger partial charge in [0.2, 0.25) is 0 Å². The molecule has 0 bridgehead atoms. The highest BCUT2D eigenvalue weighted by molar-refractivity contribution is 7.91. The SMILES string of the molecule is Cc1nn(C2CCS(=O)(=O)C2)c(C)c1C1CCNCC1. The standard InChI is InChI=1S/C14H23N3O2S/c1-10-14(12-3-6-15-7-4-12)11(2)17(16-10)13-5-8-20(18,19)9-13/h12-13,15H,3-9H2,1-2H3. The molecular formula is C14H23N3O2S. The van der Waals surface area contributed by atoms with Gasteiger partial charge in [-0.3, -0.25) is 4.68 Å². The maximum atomic E-state index is 11.7. The molecule has 112 valence electrons. The lowest BCUT2D eigenvalue weighted by atomic mass is 9.89. The van der Waals surface area contributed by atoms with Crippen molar-refractivity contribution in [3.8, 4) is 0 Å². The van der Waals surface area contributed by atoms with Gasteiger partial charge < -0.3 is 5.32 Å². The van der Waals surface area contributed by atoms with E-state index >= 15 is 0 Å². The quantitative estimate of drug-likeness (QED) is 0.894. The zero-order chi connectivity index (χ0) is 14.3. The maximum Gasteiger partial charge on any atom is 0.152 e. The molecule has 6 heteroatoms. The van der Waals surface area contributed by atoms with Crippen LogP contribution in [0.3, 0.4) is 0 Å². The van der Waals surface area contributed by atoms with E-state index in [9.17, 15) is 8.42 Å². The van der Waals surface area contributed by atoms with E-state index in [1.807, 2.05) is 4.68 Å². The van der Waals surface area contributed by atoms with Crippen LogP contribution in [0.2, 0.25) is 0 Å². The van der Waals surface area contributed by atoms with Crippen LogP contribution in [0.15, 0.2) is 0 Å². The normalized spacial score (nSPS) is 27.0. The number of hydrogen-bond acceptors (Lipinski definition) is 4. The van der Waals surface area contributed by atoms with E-state index in [0.29, 0.717) is 18.1 Å². The van der Waals surface area contributed by atoms with Crippen molar-refractivity contribution >= 4 is 9.84 Å². The predicted octanol–water partition coefficient (Wildman–Crippen LogP) is 1.33. The summed E-state index contributed by atoms with van der Waals surface area (Å²) in [5, 5.41) is 8.05. The molecule has 0 amide bonds. The van der Waals surface area contributed by atoms with Gasteiger partial charge in [0, 0.05) is 5.69 Å². The van der Waals surface area contributed by atoms with Crippen LogP contribution in [0.5, 0.6) is 0 Å². The van der Waals surface area contributed by atoms with Crippen LogP contribution >= 0.6 is 0 Å². The number of nitrogens with one attached hydrogen (secondary N) is 1. The Labute approximate surface area is 120 Å². The average Bonchev–Trinajstić information content (AvgIpc) is 2.90. The molecule has 3 heterocycles. The highest BCUT2D eigenvalue weighted by Gasteiger charge is 2.32. The maximum absolute atomic E-state index is 11.7. The van der Waals surface area contributed by atoms with E-state index in [-0.39, 0.29) is 11.8 Å². The van der Waals surface area contributed by atoms with Crippen LogP contribution in [-0.4, -0.2) is 42.8 Å². The number of aryl methyl sites for hydroxylation is 1. The first-order valence-corrected chi connectivity index (χ1v) is 9.27. The van der Waals surface area contributed by atoms with Crippen LogP contribution < -0.4 is 5.32 Å². The molecule has 0 radical (unpaired) electrons. The van der Waals surface area contributed by atoms with Crippen LogP contribution in [0, 0.1) is 13.8 Å². The Hall–Kier alpha value is -0.880. The summed E-state index contributed by atoms with van der Waals surface area (Å²) >= 11 is 0. The minimum Gasteiger partial charge on any atom is -0.317 e. The predicted molar refractivity (Wildman–Crippen MR) is 78.9 cm³/mol. The molecule has 1 atom stereocenters. The zero-order valence-corrected chi connectivity index (χ0v) is 13.0. The molecule has 0 spiro atoms. The van der Waals surface area contributed by atoms with Crippen molar-refractivity contribution in [2.75, 3.05) is 24.6 Å². The third kappa shape index (κ3) is 2.51. The fourth-order valence-electron chi connectivity index (χ4n) is 3.70. The minimum atomic E-state index is -2.86. The molecule has 2 aliphatic rings. The highest BCUT2D eigenvalue weighted by atomic mass is 32.2. The summed E-state index contributed by atoms with van der Waals surface area (Å²) in [6.45, 7) is 6.28. The monoisotopic (exact) mass is 297 g/mol. The summed E-state index contributed by atoms with van der Waals surface area (Å²) in [5.41, 5.74) is 3.62. The van der Waals surface area contributed by atoms with Crippen molar-refractivity contribution < 1.29 is 8.42 Å². The van der Waals surface area contributed by atoms with Crippen molar-refractivity contribution in [2.24, 2.45) is 0 Å². The molecule has 1 unspecified atom stereocenters. The van der Waals surface area contributed by atoms with Crippen LogP contribution in [0.4, 0.5) is 0 Å².